The molecule has 3 aromatic carbocycles. The molecule has 0 aromatic heterocycles. The molecule has 0 spiro atoms. The number of rotatable bonds is 8. The lowest BCUT2D eigenvalue weighted by molar-refractivity contribution is -0.240. The van der Waals surface area contributed by atoms with E-state index in [1.807, 2.05) is 48.5 Å². The van der Waals surface area contributed by atoms with Crippen LogP contribution in [0.15, 0.2) is 60.7 Å². The van der Waals surface area contributed by atoms with Crippen LogP contribution in [0.5, 0.6) is 5.75 Å². The fourth-order valence-corrected chi connectivity index (χ4v) is 10.6. The summed E-state index contributed by atoms with van der Waals surface area (Å²) in [4.78, 5) is 95.7. The number of aromatic hydroxyl groups is 1. The van der Waals surface area contributed by atoms with Crippen molar-refractivity contribution >= 4 is 40.7 Å². The van der Waals surface area contributed by atoms with Crippen molar-refractivity contribution in [3.8, 4) is 16.9 Å². The molecule has 7 rings (SSSR count). The van der Waals surface area contributed by atoms with Gasteiger partial charge in [-0.15, -0.1) is 0 Å². The zero-order chi connectivity index (χ0) is 40.1. The molecule has 0 bridgehead atoms. The van der Waals surface area contributed by atoms with Crippen molar-refractivity contribution in [1.29, 1.82) is 0 Å². The topological polar surface area (TPSA) is 189 Å². The highest BCUT2D eigenvalue weighted by Crippen LogP contribution is 2.66. The molecule has 2 saturated carbocycles. The second-order valence-electron chi connectivity index (χ2n) is 16.5. The molecule has 11 heteroatoms. The van der Waals surface area contributed by atoms with Crippen LogP contribution in [0.2, 0.25) is 0 Å². The lowest BCUT2D eigenvalue weighted by atomic mass is 9.37. The van der Waals surface area contributed by atoms with Crippen molar-refractivity contribution in [2.45, 2.75) is 77.9 Å². The van der Waals surface area contributed by atoms with Crippen molar-refractivity contribution in [2.24, 2.45) is 34.5 Å². The summed E-state index contributed by atoms with van der Waals surface area (Å²) >= 11 is 0. The number of esters is 1. The van der Waals surface area contributed by atoms with Crippen molar-refractivity contribution in [3.05, 3.63) is 88.5 Å². The fraction of sp³-hybridized carbons (Fsp3) is 0.432. The first kappa shape index (κ1) is 38.2. The summed E-state index contributed by atoms with van der Waals surface area (Å²) < 4.78 is 5.58. The van der Waals surface area contributed by atoms with Gasteiger partial charge in [-0.1, -0.05) is 95.3 Å². The monoisotopic (exact) mass is 748 g/mol. The van der Waals surface area contributed by atoms with Crippen molar-refractivity contribution < 1.29 is 53.6 Å². The molecule has 0 aliphatic heterocycles. The van der Waals surface area contributed by atoms with Crippen LogP contribution in [-0.2, 0) is 39.9 Å². The van der Waals surface area contributed by atoms with Crippen LogP contribution in [0, 0.1) is 34.5 Å². The molecule has 3 N–H and O–H groups in total. The fourth-order valence-electron chi connectivity index (χ4n) is 10.6. The van der Waals surface area contributed by atoms with E-state index in [9.17, 15) is 48.9 Å². The molecule has 0 saturated heterocycles. The predicted molar refractivity (Wildman–Crippen MR) is 197 cm³/mol. The van der Waals surface area contributed by atoms with Gasteiger partial charge in [-0.3, -0.25) is 33.6 Å². The minimum atomic E-state index is -3.09. The summed E-state index contributed by atoms with van der Waals surface area (Å²) in [5.74, 6) is -14.1. The Kier molecular flexibility index (Phi) is 9.01. The van der Waals surface area contributed by atoms with Gasteiger partial charge in [0.2, 0.25) is 0 Å². The third-order valence-electron chi connectivity index (χ3n) is 13.4. The molecular formula is C44H44O11. The second kappa shape index (κ2) is 13.0. The standard InChI is InChI=1S/C44H44O11/c1-20(2)34-37(49)32(22(4)45)39(51)44(54)40(52)35-38(50)33-25(21(3)42(35,5)41(53)43(34,44)6)16-15-23(36(33)48)17-24(46)18-31(47)55-19-30-28-13-9-7-11-26(28)27-12-8-10-14-29(27)30/h7-16,20-21,30,32,34-35,41,48,53-54H,17-19H2,1-6H3/t21-,32?,34?,35?,41-,42+,43+,44+/m1/s1. The van der Waals surface area contributed by atoms with Crippen LogP contribution in [-0.4, -0.2) is 74.3 Å². The van der Waals surface area contributed by atoms with Crippen molar-refractivity contribution in [1.82, 2.24) is 0 Å². The van der Waals surface area contributed by atoms with Gasteiger partial charge < -0.3 is 20.1 Å². The molecule has 0 radical (unpaired) electrons. The quantitative estimate of drug-likeness (QED) is 0.218. The minimum Gasteiger partial charge on any atom is -0.507 e. The van der Waals surface area contributed by atoms with Crippen molar-refractivity contribution in [3.63, 3.8) is 0 Å². The molecule has 11 nitrogen and oxygen atoms in total. The first-order valence-electron chi connectivity index (χ1n) is 18.6. The second-order valence-corrected chi connectivity index (χ2v) is 16.5. The van der Waals surface area contributed by atoms with Gasteiger partial charge in [0.05, 0.1) is 17.6 Å². The van der Waals surface area contributed by atoms with Crippen molar-refractivity contribution in [2.75, 3.05) is 6.61 Å². The molecule has 3 unspecified atom stereocenters. The first-order chi connectivity index (χ1) is 25.8. The molecule has 4 aliphatic carbocycles. The van der Waals surface area contributed by atoms with E-state index in [1.54, 1.807) is 20.8 Å². The number of hydrogen-bond acceptors (Lipinski definition) is 11. The van der Waals surface area contributed by atoms with Gasteiger partial charge in [0.15, 0.2) is 28.7 Å². The average molecular weight is 749 g/mol. The Hall–Kier alpha value is -5.13. The van der Waals surface area contributed by atoms with E-state index in [2.05, 4.69) is 0 Å². The first-order valence-corrected chi connectivity index (χ1v) is 18.6. The number of phenols is 1. The number of carbonyl (C=O) groups excluding carboxylic acids is 7. The molecule has 3 aromatic rings. The summed E-state index contributed by atoms with van der Waals surface area (Å²) in [7, 11) is 0. The van der Waals surface area contributed by atoms with Gasteiger partial charge in [0, 0.05) is 34.7 Å². The number of carbonyl (C=O) groups is 7. The lowest BCUT2D eigenvalue weighted by Crippen LogP contribution is -2.81. The van der Waals surface area contributed by atoms with Gasteiger partial charge in [-0.05, 0) is 46.6 Å². The van der Waals surface area contributed by atoms with Gasteiger partial charge in [0.25, 0.3) is 0 Å². The highest BCUT2D eigenvalue weighted by atomic mass is 16.5. The Morgan fingerprint density at radius 3 is 2.00 bits per heavy atom. The Labute approximate surface area is 318 Å². The van der Waals surface area contributed by atoms with Crippen LogP contribution in [0.3, 0.4) is 0 Å². The lowest BCUT2D eigenvalue weighted by Gasteiger charge is -2.65. The number of aliphatic hydroxyl groups is 2. The minimum absolute atomic E-state index is 0.00237. The van der Waals surface area contributed by atoms with E-state index in [1.165, 1.54) is 26.0 Å². The molecule has 286 valence electrons. The SMILES string of the molecule is CC(=O)C1C(=O)C(C(C)C)[C@@]2(C)[C@H](O)[C@]3(C)C(C(=O)c4c(ccc(CC(=O)CC(=O)OCC5c6ccccc6-c6ccccc65)c4O)[C@H]3C)C(=O)[C@@]2(O)C1=O. The van der Waals surface area contributed by atoms with Gasteiger partial charge in [0.1, 0.15) is 36.3 Å². The zero-order valence-corrected chi connectivity index (χ0v) is 31.5. The Balaban J connectivity index is 1.16. The predicted octanol–water partition coefficient (Wildman–Crippen LogP) is 4.48. The molecule has 8 atom stereocenters. The number of aliphatic hydroxyl groups excluding tert-OH is 1. The number of ketones is 6. The van der Waals surface area contributed by atoms with E-state index in [-0.39, 0.29) is 29.2 Å². The third kappa shape index (κ3) is 5.05. The Bertz CT molecular complexity index is 2190. The average Bonchev–Trinajstić information content (AvgIpc) is 3.45. The number of Topliss-reactive ketones (excluding diaryl/α,β-unsaturated/α-hetero) is 6. The van der Waals surface area contributed by atoms with Gasteiger partial charge in [-0.25, -0.2) is 0 Å². The highest BCUT2D eigenvalue weighted by Gasteiger charge is 2.80. The molecule has 4 aliphatic rings. The number of phenolic OH excluding ortho intramolecular Hbond substituents is 1. The number of benzene rings is 3. The van der Waals surface area contributed by atoms with Crippen LogP contribution in [0.25, 0.3) is 11.1 Å². The smallest absolute Gasteiger partial charge is 0.313 e. The van der Waals surface area contributed by atoms with Crippen LogP contribution >= 0.6 is 0 Å². The molecule has 0 heterocycles. The van der Waals surface area contributed by atoms with E-state index < -0.39 is 111 Å². The molecule has 55 heavy (non-hydrogen) atoms. The molecular weight excluding hydrogens is 704 g/mol. The zero-order valence-electron chi connectivity index (χ0n) is 31.5. The van der Waals surface area contributed by atoms with E-state index in [4.69, 9.17) is 4.74 Å². The van der Waals surface area contributed by atoms with Crippen LogP contribution in [0.4, 0.5) is 0 Å². The van der Waals surface area contributed by atoms with Gasteiger partial charge >= 0.3 is 5.97 Å². The maximum Gasteiger partial charge on any atom is 0.313 e. The maximum atomic E-state index is 14.7. The van der Waals surface area contributed by atoms with E-state index in [0.717, 1.165) is 29.2 Å². The third-order valence-corrected chi connectivity index (χ3v) is 13.4. The largest absolute Gasteiger partial charge is 0.507 e. The summed E-state index contributed by atoms with van der Waals surface area (Å²) in [6.07, 6.45) is -2.85. The highest BCUT2D eigenvalue weighted by molar-refractivity contribution is 6.33. The number of hydrogen-bond donors (Lipinski definition) is 3. The Morgan fingerprint density at radius 2 is 1.44 bits per heavy atom. The molecule has 0 amide bonds. The van der Waals surface area contributed by atoms with Crippen LogP contribution < -0.4 is 0 Å². The maximum absolute atomic E-state index is 14.7. The summed E-state index contributed by atoms with van der Waals surface area (Å²) in [6.45, 7) is 8.71. The Morgan fingerprint density at radius 1 is 0.855 bits per heavy atom. The van der Waals surface area contributed by atoms with Crippen LogP contribution in [0.1, 0.15) is 92.4 Å². The number of fused-ring (bicyclic) bond motifs is 6. The molecule has 2 fully saturated rings. The van der Waals surface area contributed by atoms with E-state index >= 15 is 0 Å². The number of ether oxygens (including phenoxy) is 1. The van der Waals surface area contributed by atoms with Gasteiger partial charge in [-0.2, -0.15) is 0 Å². The summed E-state index contributed by atoms with van der Waals surface area (Å²) in [5.41, 5.74) is -2.80. The summed E-state index contributed by atoms with van der Waals surface area (Å²) in [6, 6.07) is 18.6. The van der Waals surface area contributed by atoms with E-state index in [0.29, 0.717) is 0 Å². The normalized spacial score (nSPS) is 31.0. The summed E-state index contributed by atoms with van der Waals surface area (Å²) in [5, 5.41) is 36.2.